The lowest BCUT2D eigenvalue weighted by Crippen LogP contribution is -2.13. The van der Waals surface area contributed by atoms with Gasteiger partial charge < -0.3 is 15.4 Å². The molecule has 134 valence electrons. The van der Waals surface area contributed by atoms with Gasteiger partial charge in [-0.1, -0.05) is 0 Å². The molecule has 5 N–H and O–H groups in total. The highest BCUT2D eigenvalue weighted by molar-refractivity contribution is 7.84. The summed E-state index contributed by atoms with van der Waals surface area (Å²) in [5.74, 6) is 1.35. The Hall–Kier alpha value is -3.24. The Bertz CT molecular complexity index is 981. The van der Waals surface area contributed by atoms with Gasteiger partial charge in [0.2, 0.25) is 6.41 Å². The summed E-state index contributed by atoms with van der Waals surface area (Å²) in [5, 5.41) is 11.5. The number of nitrogens with one attached hydrogen (secondary N) is 3. The molecular formula is C16H16N6O3S. The summed E-state index contributed by atoms with van der Waals surface area (Å²) in [6, 6.07) is 8.66. The van der Waals surface area contributed by atoms with Gasteiger partial charge in [0.1, 0.15) is 11.4 Å². The van der Waals surface area contributed by atoms with Crippen LogP contribution in [-0.4, -0.2) is 27.6 Å². The van der Waals surface area contributed by atoms with E-state index in [2.05, 4.69) is 25.3 Å². The van der Waals surface area contributed by atoms with Crippen molar-refractivity contribution >= 4 is 45.7 Å². The van der Waals surface area contributed by atoms with Crippen molar-refractivity contribution in [1.29, 1.82) is 0 Å². The number of ether oxygens (including phenoxy) is 1. The van der Waals surface area contributed by atoms with E-state index in [0.717, 1.165) is 0 Å². The Morgan fingerprint density at radius 1 is 1.15 bits per heavy atom. The number of aromatic nitrogens is 2. The predicted octanol–water partition coefficient (Wildman–Crippen LogP) is 1.98. The van der Waals surface area contributed by atoms with E-state index in [-0.39, 0.29) is 0 Å². The number of fused-ring (bicyclic) bond motifs is 1. The van der Waals surface area contributed by atoms with E-state index in [9.17, 15) is 9.00 Å². The molecule has 0 aliphatic rings. The average Bonchev–Trinajstić information content (AvgIpc) is 2.64. The summed E-state index contributed by atoms with van der Waals surface area (Å²) in [7, 11) is 1.70. The number of carbonyl (C=O) groups excluding carboxylic acids is 1. The van der Waals surface area contributed by atoms with Gasteiger partial charge in [-0.05, 0) is 24.3 Å². The van der Waals surface area contributed by atoms with Crippen LogP contribution >= 0.6 is 0 Å². The monoisotopic (exact) mass is 372 g/mol. The van der Waals surface area contributed by atoms with Crippen LogP contribution in [0.4, 0.5) is 17.2 Å². The second kappa shape index (κ2) is 7.76. The molecule has 2 heterocycles. The smallest absolute Gasteiger partial charge is 0.212 e. The molecule has 0 aliphatic heterocycles. The molecule has 1 atom stereocenters. The van der Waals surface area contributed by atoms with Crippen LogP contribution in [-0.2, 0) is 16.0 Å². The van der Waals surface area contributed by atoms with Gasteiger partial charge in [-0.25, -0.2) is 14.3 Å². The van der Waals surface area contributed by atoms with Gasteiger partial charge in [0.25, 0.3) is 0 Å². The minimum absolute atomic E-state index is 0.347. The van der Waals surface area contributed by atoms with Gasteiger partial charge in [-0.2, -0.15) is 0 Å². The Kier molecular flexibility index (Phi) is 5.25. The summed E-state index contributed by atoms with van der Waals surface area (Å²) >= 11 is -1.72. The molecule has 3 aromatic rings. The van der Waals surface area contributed by atoms with Crippen LogP contribution in [0, 0.1) is 0 Å². The van der Waals surface area contributed by atoms with E-state index in [1.807, 2.05) is 6.07 Å². The molecule has 9 nitrogen and oxygen atoms in total. The number of pyridine rings is 2. The summed E-state index contributed by atoms with van der Waals surface area (Å²) in [4.78, 5) is 19.1. The molecule has 1 amide bonds. The quantitative estimate of drug-likeness (QED) is 0.469. The molecule has 1 unspecified atom stereocenters. The van der Waals surface area contributed by atoms with E-state index in [1.54, 1.807) is 37.5 Å². The molecule has 2 aromatic heterocycles. The van der Waals surface area contributed by atoms with Crippen LogP contribution in [0.1, 0.15) is 0 Å². The second-order valence-electron chi connectivity index (χ2n) is 5.06. The average molecular weight is 372 g/mol. The first-order valence-electron chi connectivity index (χ1n) is 7.49. The normalized spacial score (nSPS) is 11.6. The fourth-order valence-electron chi connectivity index (χ4n) is 2.48. The molecule has 0 spiro atoms. The Morgan fingerprint density at radius 3 is 2.73 bits per heavy atom. The number of rotatable bonds is 7. The fourth-order valence-corrected chi connectivity index (χ4v) is 2.86. The molecule has 0 aliphatic carbocycles. The van der Waals surface area contributed by atoms with Crippen molar-refractivity contribution in [2.24, 2.45) is 5.14 Å². The van der Waals surface area contributed by atoms with E-state index < -0.39 is 11.2 Å². The maximum absolute atomic E-state index is 11.3. The standard InChI is InChI=1S/C16H16N6O3S/c1-18-15-13(6-8-20-16(15)21-9-23)25-12-5-4-11(22-26(17)24)14-10(12)3-2-7-19-14/h2-9,18,22H,17H2,1H3,(H,20,21,23). The largest absolute Gasteiger partial charge is 0.454 e. The third-order valence-electron chi connectivity index (χ3n) is 3.52. The zero-order valence-electron chi connectivity index (χ0n) is 13.7. The van der Waals surface area contributed by atoms with Crippen molar-refractivity contribution in [1.82, 2.24) is 9.97 Å². The Morgan fingerprint density at radius 2 is 2.00 bits per heavy atom. The van der Waals surface area contributed by atoms with Gasteiger partial charge in [0.15, 0.2) is 22.7 Å². The topological polar surface area (TPSA) is 131 Å². The SMILES string of the molecule is CNc1c(Oc2ccc(NS(N)=O)c3ncccc23)ccnc1NC=O. The lowest BCUT2D eigenvalue weighted by molar-refractivity contribution is -0.105. The van der Waals surface area contributed by atoms with E-state index >= 15 is 0 Å². The highest BCUT2D eigenvalue weighted by atomic mass is 32.2. The van der Waals surface area contributed by atoms with E-state index in [0.29, 0.717) is 46.0 Å². The molecule has 0 bridgehead atoms. The van der Waals surface area contributed by atoms with Crippen molar-refractivity contribution in [3.63, 3.8) is 0 Å². The zero-order chi connectivity index (χ0) is 18.5. The molecule has 3 rings (SSSR count). The molecule has 0 radical (unpaired) electrons. The van der Waals surface area contributed by atoms with Crippen molar-refractivity contribution in [3.05, 3.63) is 42.7 Å². The Labute approximate surface area is 151 Å². The van der Waals surface area contributed by atoms with Gasteiger partial charge in [0.05, 0.1) is 11.2 Å². The summed E-state index contributed by atoms with van der Waals surface area (Å²) in [5.41, 5.74) is 1.62. The molecule has 26 heavy (non-hydrogen) atoms. The minimum atomic E-state index is -1.72. The van der Waals surface area contributed by atoms with Crippen LogP contribution in [0.2, 0.25) is 0 Å². The summed E-state index contributed by atoms with van der Waals surface area (Å²) in [6.07, 6.45) is 3.68. The molecule has 10 heteroatoms. The number of nitrogens with zero attached hydrogens (tertiary/aromatic N) is 2. The first-order valence-corrected chi connectivity index (χ1v) is 8.70. The van der Waals surface area contributed by atoms with Crippen molar-refractivity contribution in [2.45, 2.75) is 0 Å². The van der Waals surface area contributed by atoms with Crippen LogP contribution in [0.5, 0.6) is 11.5 Å². The predicted molar refractivity (Wildman–Crippen MR) is 101 cm³/mol. The first kappa shape index (κ1) is 17.6. The number of carbonyl (C=O) groups is 1. The summed E-state index contributed by atoms with van der Waals surface area (Å²) < 4.78 is 20.0. The molecule has 1 aromatic carbocycles. The molecule has 0 saturated heterocycles. The third-order valence-corrected chi connectivity index (χ3v) is 3.94. The van der Waals surface area contributed by atoms with Gasteiger partial charge in [-0.3, -0.25) is 14.5 Å². The van der Waals surface area contributed by atoms with Crippen LogP contribution in [0.3, 0.4) is 0 Å². The number of hydrogen-bond acceptors (Lipinski definition) is 6. The molecule has 0 fully saturated rings. The minimum Gasteiger partial charge on any atom is -0.454 e. The molecule has 0 saturated carbocycles. The van der Waals surface area contributed by atoms with Gasteiger partial charge in [0, 0.05) is 30.9 Å². The fraction of sp³-hybridized carbons (Fsp3) is 0.0625. The van der Waals surface area contributed by atoms with Gasteiger partial charge in [-0.15, -0.1) is 0 Å². The summed E-state index contributed by atoms with van der Waals surface area (Å²) in [6.45, 7) is 0. The number of benzene rings is 1. The number of nitrogens with two attached hydrogens (primary N) is 1. The molecular weight excluding hydrogens is 356 g/mol. The third kappa shape index (κ3) is 3.55. The first-order chi connectivity index (χ1) is 12.6. The van der Waals surface area contributed by atoms with E-state index in [4.69, 9.17) is 9.88 Å². The second-order valence-corrected chi connectivity index (χ2v) is 5.86. The van der Waals surface area contributed by atoms with Crippen LogP contribution in [0.25, 0.3) is 10.9 Å². The lowest BCUT2D eigenvalue weighted by atomic mass is 10.1. The number of anilines is 3. The highest BCUT2D eigenvalue weighted by Gasteiger charge is 2.14. The Balaban J connectivity index is 2.06. The van der Waals surface area contributed by atoms with Crippen molar-refractivity contribution in [2.75, 3.05) is 22.4 Å². The van der Waals surface area contributed by atoms with Crippen LogP contribution in [0.15, 0.2) is 42.7 Å². The van der Waals surface area contributed by atoms with Crippen molar-refractivity contribution < 1.29 is 13.7 Å². The number of hydrogen-bond donors (Lipinski definition) is 4. The van der Waals surface area contributed by atoms with Crippen LogP contribution < -0.4 is 25.2 Å². The highest BCUT2D eigenvalue weighted by Crippen LogP contribution is 2.37. The zero-order valence-corrected chi connectivity index (χ0v) is 14.5. The lowest BCUT2D eigenvalue weighted by Gasteiger charge is -2.15. The van der Waals surface area contributed by atoms with E-state index in [1.165, 1.54) is 6.20 Å². The number of amides is 1. The maximum Gasteiger partial charge on any atom is 0.212 e. The van der Waals surface area contributed by atoms with Gasteiger partial charge >= 0.3 is 0 Å². The van der Waals surface area contributed by atoms with Crippen molar-refractivity contribution in [3.8, 4) is 11.5 Å². The maximum atomic E-state index is 11.3.